The quantitative estimate of drug-likeness (QED) is 0.714. The van der Waals surface area contributed by atoms with Crippen molar-refractivity contribution < 1.29 is 14.0 Å². The van der Waals surface area contributed by atoms with Gasteiger partial charge in [0.05, 0.1) is 6.54 Å². The Morgan fingerprint density at radius 3 is 2.69 bits per heavy atom. The third-order valence-corrected chi connectivity index (χ3v) is 4.34. The first-order chi connectivity index (χ1) is 12.6. The number of hydrogen-bond acceptors (Lipinski definition) is 7. The highest BCUT2D eigenvalue weighted by molar-refractivity contribution is 5.95. The molecule has 2 N–H and O–H groups in total. The Hall–Kier alpha value is -2.86. The van der Waals surface area contributed by atoms with Gasteiger partial charge in [0.2, 0.25) is 23.4 Å². The molecule has 0 spiro atoms. The lowest BCUT2D eigenvalue weighted by Crippen LogP contribution is -2.51. The fraction of sp³-hybridized carbons (Fsp3) is 0.529. The number of anilines is 1. The first-order valence-electron chi connectivity index (χ1n) is 8.67. The predicted molar refractivity (Wildman–Crippen MR) is 93.6 cm³/mol. The number of amides is 3. The number of carbonyl (C=O) groups excluding carboxylic acids is 2. The summed E-state index contributed by atoms with van der Waals surface area (Å²) in [6, 6.07) is 1.58. The van der Waals surface area contributed by atoms with Crippen molar-refractivity contribution in [3.05, 3.63) is 24.2 Å². The van der Waals surface area contributed by atoms with E-state index in [4.69, 9.17) is 4.42 Å². The summed E-state index contributed by atoms with van der Waals surface area (Å²) in [5.74, 6) is 1.19. The van der Waals surface area contributed by atoms with Crippen LogP contribution in [0.5, 0.6) is 0 Å². The van der Waals surface area contributed by atoms with Crippen molar-refractivity contribution in [2.75, 3.05) is 44.2 Å². The van der Waals surface area contributed by atoms with Crippen molar-refractivity contribution in [2.24, 2.45) is 0 Å². The van der Waals surface area contributed by atoms with Crippen LogP contribution in [0.2, 0.25) is 0 Å². The summed E-state index contributed by atoms with van der Waals surface area (Å²) < 4.78 is 5.81. The van der Waals surface area contributed by atoms with Crippen LogP contribution in [-0.2, 0) is 4.79 Å². The van der Waals surface area contributed by atoms with Gasteiger partial charge in [-0.2, -0.15) is 5.26 Å². The summed E-state index contributed by atoms with van der Waals surface area (Å²) in [5.41, 5.74) is 0.331. The van der Waals surface area contributed by atoms with Gasteiger partial charge in [-0.1, -0.05) is 6.08 Å². The van der Waals surface area contributed by atoms with Crippen LogP contribution in [0.25, 0.3) is 0 Å². The molecule has 9 heteroatoms. The molecule has 2 aliphatic rings. The van der Waals surface area contributed by atoms with Crippen LogP contribution in [0.4, 0.5) is 10.7 Å². The molecule has 2 heterocycles. The largest absolute Gasteiger partial charge is 0.423 e. The zero-order valence-corrected chi connectivity index (χ0v) is 14.5. The lowest BCUT2D eigenvalue weighted by Gasteiger charge is -2.33. The molecule has 0 atom stereocenters. The van der Waals surface area contributed by atoms with Crippen molar-refractivity contribution in [2.45, 2.75) is 18.8 Å². The van der Waals surface area contributed by atoms with Gasteiger partial charge in [0.1, 0.15) is 6.07 Å². The molecule has 0 unspecified atom stereocenters. The number of nitrogens with one attached hydrogen (secondary N) is 2. The predicted octanol–water partition coefficient (Wildman–Crippen LogP) is 0.557. The molecular weight excluding hydrogens is 336 g/mol. The average molecular weight is 358 g/mol. The molecule has 1 aliphatic carbocycles. The van der Waals surface area contributed by atoms with E-state index >= 15 is 0 Å². The lowest BCUT2D eigenvalue weighted by atomic mass is 10.3. The number of nitrogens with zero attached hydrogens (tertiary/aromatic N) is 4. The SMILES string of the molecule is C=CCNC(=O)NC(=O)CN1CCN(c2oc(C3CC3)nc2C#N)CC1. The van der Waals surface area contributed by atoms with E-state index in [9.17, 15) is 14.9 Å². The van der Waals surface area contributed by atoms with E-state index in [1.54, 1.807) is 0 Å². The Morgan fingerprint density at radius 2 is 2.08 bits per heavy atom. The number of carbonyl (C=O) groups is 2. The molecule has 26 heavy (non-hydrogen) atoms. The third kappa shape index (κ3) is 4.40. The topological polar surface area (TPSA) is 114 Å². The van der Waals surface area contributed by atoms with Crippen LogP contribution in [0, 0.1) is 11.3 Å². The van der Waals surface area contributed by atoms with Gasteiger partial charge < -0.3 is 14.6 Å². The minimum absolute atomic E-state index is 0.143. The normalized spacial score (nSPS) is 17.4. The van der Waals surface area contributed by atoms with Gasteiger partial charge in [0.25, 0.3) is 0 Å². The van der Waals surface area contributed by atoms with Crippen molar-refractivity contribution in [1.82, 2.24) is 20.5 Å². The van der Waals surface area contributed by atoms with Crippen molar-refractivity contribution in [1.29, 1.82) is 5.26 Å². The molecule has 1 aromatic heterocycles. The molecule has 1 aromatic rings. The highest BCUT2D eigenvalue weighted by atomic mass is 16.4. The second-order valence-corrected chi connectivity index (χ2v) is 6.40. The molecule has 0 aromatic carbocycles. The van der Waals surface area contributed by atoms with Crippen molar-refractivity contribution in [3.63, 3.8) is 0 Å². The molecule has 1 aliphatic heterocycles. The Morgan fingerprint density at radius 1 is 1.35 bits per heavy atom. The summed E-state index contributed by atoms with van der Waals surface area (Å²) in [7, 11) is 0. The van der Waals surface area contributed by atoms with Gasteiger partial charge in [-0.15, -0.1) is 6.58 Å². The van der Waals surface area contributed by atoms with Crippen LogP contribution < -0.4 is 15.5 Å². The Balaban J connectivity index is 1.48. The second kappa shape index (κ2) is 8.01. The number of piperazine rings is 1. The van der Waals surface area contributed by atoms with Crippen LogP contribution >= 0.6 is 0 Å². The van der Waals surface area contributed by atoms with E-state index in [1.165, 1.54) is 6.08 Å². The summed E-state index contributed by atoms with van der Waals surface area (Å²) in [6.07, 6.45) is 3.67. The number of nitriles is 1. The Bertz CT molecular complexity index is 725. The van der Waals surface area contributed by atoms with Gasteiger partial charge in [-0.05, 0) is 12.8 Å². The summed E-state index contributed by atoms with van der Waals surface area (Å²) in [5, 5.41) is 14.0. The highest BCUT2D eigenvalue weighted by Gasteiger charge is 2.32. The molecule has 3 rings (SSSR count). The van der Waals surface area contributed by atoms with Crippen LogP contribution in [-0.4, -0.2) is 61.1 Å². The monoisotopic (exact) mass is 358 g/mol. The molecular formula is C17H22N6O3. The number of aromatic nitrogens is 1. The minimum atomic E-state index is -0.526. The van der Waals surface area contributed by atoms with Gasteiger partial charge in [-0.25, -0.2) is 9.78 Å². The summed E-state index contributed by atoms with van der Waals surface area (Å²) in [4.78, 5) is 31.6. The molecule has 138 valence electrons. The average Bonchev–Trinajstić information content (AvgIpc) is 3.39. The number of imide groups is 1. The molecule has 0 bridgehead atoms. The van der Waals surface area contributed by atoms with Crippen LogP contribution in [0.15, 0.2) is 17.1 Å². The van der Waals surface area contributed by atoms with Crippen molar-refractivity contribution >= 4 is 17.8 Å². The first kappa shape index (κ1) is 17.9. The third-order valence-electron chi connectivity index (χ3n) is 4.34. The van der Waals surface area contributed by atoms with E-state index in [1.807, 2.05) is 9.80 Å². The maximum Gasteiger partial charge on any atom is 0.321 e. The van der Waals surface area contributed by atoms with Crippen LogP contribution in [0.1, 0.15) is 30.3 Å². The molecule has 2 fully saturated rings. The van der Waals surface area contributed by atoms with E-state index in [0.29, 0.717) is 56.1 Å². The van der Waals surface area contributed by atoms with Gasteiger partial charge in [-0.3, -0.25) is 15.0 Å². The molecule has 1 saturated heterocycles. The zero-order valence-electron chi connectivity index (χ0n) is 14.5. The molecule has 1 saturated carbocycles. The number of urea groups is 1. The molecule has 0 radical (unpaired) electrons. The fourth-order valence-corrected chi connectivity index (χ4v) is 2.81. The van der Waals surface area contributed by atoms with Crippen molar-refractivity contribution in [3.8, 4) is 6.07 Å². The maximum atomic E-state index is 11.9. The Kier molecular flexibility index (Phi) is 5.53. The molecule has 9 nitrogen and oxygen atoms in total. The first-order valence-corrected chi connectivity index (χ1v) is 8.67. The van der Waals surface area contributed by atoms with Gasteiger partial charge in [0.15, 0.2) is 0 Å². The summed E-state index contributed by atoms with van der Waals surface area (Å²) >= 11 is 0. The number of hydrogen-bond donors (Lipinski definition) is 2. The van der Waals surface area contributed by atoms with Gasteiger partial charge >= 0.3 is 6.03 Å². The van der Waals surface area contributed by atoms with E-state index < -0.39 is 6.03 Å². The zero-order chi connectivity index (χ0) is 18.5. The maximum absolute atomic E-state index is 11.9. The van der Waals surface area contributed by atoms with E-state index in [0.717, 1.165) is 12.8 Å². The highest BCUT2D eigenvalue weighted by Crippen LogP contribution is 2.41. The summed E-state index contributed by atoms with van der Waals surface area (Å²) in [6.45, 7) is 6.46. The van der Waals surface area contributed by atoms with E-state index in [-0.39, 0.29) is 12.5 Å². The van der Waals surface area contributed by atoms with E-state index in [2.05, 4.69) is 28.3 Å². The number of oxazole rings is 1. The van der Waals surface area contributed by atoms with Crippen LogP contribution in [0.3, 0.4) is 0 Å². The standard InChI is InChI=1S/C17H22N6O3/c1-2-5-19-17(25)21-14(24)11-22-6-8-23(9-7-22)16-13(10-18)20-15(26-16)12-3-4-12/h2,12H,1,3-9,11H2,(H2,19,21,24,25). The lowest BCUT2D eigenvalue weighted by molar-refractivity contribution is -0.121. The number of rotatable bonds is 6. The fourth-order valence-electron chi connectivity index (χ4n) is 2.81. The smallest absolute Gasteiger partial charge is 0.321 e. The van der Waals surface area contributed by atoms with Gasteiger partial charge in [0, 0.05) is 38.6 Å². The Labute approximate surface area is 151 Å². The minimum Gasteiger partial charge on any atom is -0.423 e. The second-order valence-electron chi connectivity index (χ2n) is 6.40. The molecule has 3 amide bonds.